The number of nitrogens with zero attached hydrogens (tertiary/aromatic N) is 3. The average molecular weight is 228 g/mol. The lowest BCUT2D eigenvalue weighted by Gasteiger charge is -2.22. The van der Waals surface area contributed by atoms with E-state index in [-0.39, 0.29) is 0 Å². The third-order valence-corrected chi connectivity index (χ3v) is 3.73. The maximum Gasteiger partial charge on any atom is 0.138 e. The smallest absolute Gasteiger partial charge is 0.138 e. The first-order valence-corrected chi connectivity index (χ1v) is 6.07. The van der Waals surface area contributed by atoms with Crippen molar-refractivity contribution >= 4 is 11.6 Å². The number of alkyl halides is 1. The quantitative estimate of drug-likeness (QED) is 0.744. The van der Waals surface area contributed by atoms with Gasteiger partial charge in [0.05, 0.1) is 0 Å². The van der Waals surface area contributed by atoms with Crippen LogP contribution in [0.4, 0.5) is 0 Å². The van der Waals surface area contributed by atoms with E-state index in [0.717, 1.165) is 31.6 Å². The topological polar surface area (TPSA) is 30.7 Å². The zero-order valence-electron chi connectivity index (χ0n) is 9.41. The van der Waals surface area contributed by atoms with E-state index >= 15 is 0 Å². The summed E-state index contributed by atoms with van der Waals surface area (Å²) in [6.07, 6.45) is 6.10. The van der Waals surface area contributed by atoms with E-state index < -0.39 is 0 Å². The zero-order valence-corrected chi connectivity index (χ0v) is 10.2. The molecule has 4 heteroatoms. The maximum absolute atomic E-state index is 6.17. The van der Waals surface area contributed by atoms with Crippen molar-refractivity contribution in [1.82, 2.24) is 14.8 Å². The normalized spacial score (nSPS) is 31.0. The second-order valence-electron chi connectivity index (χ2n) is 4.82. The number of aromatic nitrogens is 3. The van der Waals surface area contributed by atoms with Gasteiger partial charge in [-0.1, -0.05) is 6.92 Å². The van der Waals surface area contributed by atoms with Crippen molar-refractivity contribution in [1.29, 1.82) is 0 Å². The minimum atomic E-state index is 0.326. The molecule has 0 spiro atoms. The van der Waals surface area contributed by atoms with Crippen molar-refractivity contribution in [3.63, 3.8) is 0 Å². The van der Waals surface area contributed by atoms with Gasteiger partial charge in [0.1, 0.15) is 12.2 Å². The Labute approximate surface area is 95.8 Å². The van der Waals surface area contributed by atoms with E-state index in [9.17, 15) is 0 Å². The first-order valence-electron chi connectivity index (χ1n) is 5.64. The van der Waals surface area contributed by atoms with Crippen LogP contribution >= 0.6 is 11.6 Å². The van der Waals surface area contributed by atoms with Crippen molar-refractivity contribution < 1.29 is 0 Å². The van der Waals surface area contributed by atoms with Gasteiger partial charge in [-0.05, 0) is 31.6 Å². The maximum atomic E-state index is 6.17. The summed E-state index contributed by atoms with van der Waals surface area (Å²) in [5.74, 6) is 1.10. The van der Waals surface area contributed by atoms with Gasteiger partial charge in [0, 0.05) is 18.3 Å². The van der Waals surface area contributed by atoms with Gasteiger partial charge in [0.2, 0.25) is 0 Å². The Morgan fingerprint density at radius 2 is 2.47 bits per heavy atom. The van der Waals surface area contributed by atoms with Crippen molar-refractivity contribution in [2.24, 2.45) is 5.41 Å². The summed E-state index contributed by atoms with van der Waals surface area (Å²) in [6.45, 7) is 5.30. The molecular formula is C11H18ClN3. The molecule has 2 unspecified atom stereocenters. The Morgan fingerprint density at radius 1 is 1.67 bits per heavy atom. The molecule has 1 aliphatic rings. The SMILES string of the molecule is CCn1ncnc1CC1(C)CCC(Cl)C1. The Bertz CT molecular complexity index is 336. The van der Waals surface area contributed by atoms with E-state index in [4.69, 9.17) is 11.6 Å². The lowest BCUT2D eigenvalue weighted by atomic mass is 9.85. The lowest BCUT2D eigenvalue weighted by molar-refractivity contribution is 0.320. The highest BCUT2D eigenvalue weighted by Crippen LogP contribution is 2.42. The van der Waals surface area contributed by atoms with Crippen LogP contribution in [-0.2, 0) is 13.0 Å². The minimum absolute atomic E-state index is 0.326. The van der Waals surface area contributed by atoms with E-state index in [1.807, 2.05) is 4.68 Å². The zero-order chi connectivity index (χ0) is 10.9. The summed E-state index contributed by atoms with van der Waals surface area (Å²) in [6, 6.07) is 0. The minimum Gasteiger partial charge on any atom is -0.250 e. The van der Waals surface area contributed by atoms with Crippen LogP contribution in [-0.4, -0.2) is 20.1 Å². The molecule has 1 aromatic rings. The van der Waals surface area contributed by atoms with Crippen LogP contribution in [0.5, 0.6) is 0 Å². The number of aryl methyl sites for hydroxylation is 1. The highest BCUT2D eigenvalue weighted by Gasteiger charge is 2.35. The molecule has 1 saturated carbocycles. The summed E-state index contributed by atoms with van der Waals surface area (Å²) in [5, 5.41) is 4.55. The molecule has 84 valence electrons. The van der Waals surface area contributed by atoms with Gasteiger partial charge in [-0.25, -0.2) is 4.98 Å². The molecule has 0 bridgehead atoms. The van der Waals surface area contributed by atoms with Crippen LogP contribution in [0.15, 0.2) is 6.33 Å². The van der Waals surface area contributed by atoms with Crippen molar-refractivity contribution in [2.75, 3.05) is 0 Å². The first-order chi connectivity index (χ1) is 7.13. The molecule has 2 rings (SSSR count). The van der Waals surface area contributed by atoms with Crippen LogP contribution in [0.3, 0.4) is 0 Å². The highest BCUT2D eigenvalue weighted by molar-refractivity contribution is 6.20. The van der Waals surface area contributed by atoms with E-state index in [1.54, 1.807) is 6.33 Å². The van der Waals surface area contributed by atoms with Crippen LogP contribution in [0, 0.1) is 5.41 Å². The molecule has 0 radical (unpaired) electrons. The Balaban J connectivity index is 2.08. The van der Waals surface area contributed by atoms with Gasteiger partial charge in [0.15, 0.2) is 0 Å². The number of rotatable bonds is 3. The Hall–Kier alpha value is -0.570. The molecule has 0 aliphatic heterocycles. The Kier molecular flexibility index (Phi) is 3.01. The van der Waals surface area contributed by atoms with Gasteiger partial charge < -0.3 is 0 Å². The molecule has 0 aromatic carbocycles. The summed E-state index contributed by atoms with van der Waals surface area (Å²) < 4.78 is 1.98. The van der Waals surface area contributed by atoms with Gasteiger partial charge >= 0.3 is 0 Å². The molecule has 1 aromatic heterocycles. The average Bonchev–Trinajstić information content (AvgIpc) is 2.74. The van der Waals surface area contributed by atoms with Gasteiger partial charge in [-0.2, -0.15) is 5.10 Å². The third kappa shape index (κ3) is 2.33. The lowest BCUT2D eigenvalue weighted by Crippen LogP contribution is -2.19. The standard InChI is InChI=1S/C11H18ClN3/c1-3-15-10(13-8-14-15)7-11(2)5-4-9(12)6-11/h8-9H,3-7H2,1-2H3. The highest BCUT2D eigenvalue weighted by atomic mass is 35.5. The summed E-state index contributed by atoms with van der Waals surface area (Å²) in [7, 11) is 0. The second-order valence-corrected chi connectivity index (χ2v) is 5.44. The summed E-state index contributed by atoms with van der Waals surface area (Å²) >= 11 is 6.17. The second kappa shape index (κ2) is 4.12. The fourth-order valence-corrected chi connectivity index (χ4v) is 2.96. The fraction of sp³-hybridized carbons (Fsp3) is 0.818. The molecule has 0 amide bonds. The largest absolute Gasteiger partial charge is 0.250 e. The van der Waals surface area contributed by atoms with E-state index in [1.165, 1.54) is 6.42 Å². The van der Waals surface area contributed by atoms with Crippen molar-refractivity contribution in [3.8, 4) is 0 Å². The van der Waals surface area contributed by atoms with Gasteiger partial charge in [0.25, 0.3) is 0 Å². The molecule has 0 N–H and O–H groups in total. The van der Waals surface area contributed by atoms with Gasteiger partial charge in [-0.3, -0.25) is 4.68 Å². The molecule has 1 aliphatic carbocycles. The number of hydrogen-bond acceptors (Lipinski definition) is 2. The fourth-order valence-electron chi connectivity index (χ4n) is 2.48. The molecule has 3 nitrogen and oxygen atoms in total. The van der Waals surface area contributed by atoms with E-state index in [0.29, 0.717) is 10.8 Å². The monoisotopic (exact) mass is 227 g/mol. The molecule has 2 atom stereocenters. The first kappa shape index (κ1) is 10.9. The van der Waals surface area contributed by atoms with Gasteiger partial charge in [-0.15, -0.1) is 11.6 Å². The van der Waals surface area contributed by atoms with Crippen LogP contribution in [0.2, 0.25) is 0 Å². The number of hydrogen-bond donors (Lipinski definition) is 0. The molecule has 15 heavy (non-hydrogen) atoms. The predicted octanol–water partition coefficient (Wildman–Crippen LogP) is 2.64. The molecule has 1 fully saturated rings. The van der Waals surface area contributed by atoms with E-state index in [2.05, 4.69) is 23.9 Å². The third-order valence-electron chi connectivity index (χ3n) is 3.36. The number of halogens is 1. The summed E-state index contributed by atoms with van der Waals surface area (Å²) in [5.41, 5.74) is 0.326. The Morgan fingerprint density at radius 3 is 3.07 bits per heavy atom. The molecule has 1 heterocycles. The van der Waals surface area contributed by atoms with Crippen LogP contribution < -0.4 is 0 Å². The van der Waals surface area contributed by atoms with Crippen LogP contribution in [0.25, 0.3) is 0 Å². The van der Waals surface area contributed by atoms with Crippen molar-refractivity contribution in [2.45, 2.75) is 51.5 Å². The summed E-state index contributed by atoms with van der Waals surface area (Å²) in [4.78, 5) is 4.33. The molecule has 0 saturated heterocycles. The molecular weight excluding hydrogens is 210 g/mol. The predicted molar refractivity (Wildman–Crippen MR) is 61.0 cm³/mol. The van der Waals surface area contributed by atoms with Crippen molar-refractivity contribution in [3.05, 3.63) is 12.2 Å². The van der Waals surface area contributed by atoms with Crippen LogP contribution in [0.1, 0.15) is 38.9 Å².